The van der Waals surface area contributed by atoms with Gasteiger partial charge in [-0.15, -0.1) is 0 Å². The third-order valence-electron chi connectivity index (χ3n) is 4.61. The second-order valence-electron chi connectivity index (χ2n) is 6.95. The first-order valence-corrected chi connectivity index (χ1v) is 9.82. The number of anilines is 2. The molecular weight excluding hydrogens is 462 g/mol. The zero-order valence-corrected chi connectivity index (χ0v) is 18.2. The van der Waals surface area contributed by atoms with Gasteiger partial charge in [0.2, 0.25) is 0 Å². The first-order valence-electron chi connectivity index (χ1n) is 9.44. The zero-order chi connectivity index (χ0) is 24.3. The lowest BCUT2D eigenvalue weighted by Gasteiger charge is -2.20. The van der Waals surface area contributed by atoms with E-state index in [0.29, 0.717) is 5.69 Å². The highest BCUT2D eigenvalue weighted by atomic mass is 35.5. The summed E-state index contributed by atoms with van der Waals surface area (Å²) in [6.45, 7) is 1.44. The Morgan fingerprint density at radius 2 is 1.94 bits per heavy atom. The van der Waals surface area contributed by atoms with Crippen LogP contribution in [0.4, 0.5) is 29.1 Å². The molecule has 0 aliphatic heterocycles. The molecule has 0 aliphatic rings. The van der Waals surface area contributed by atoms with Crippen molar-refractivity contribution in [3.8, 4) is 11.3 Å². The predicted octanol–water partition coefficient (Wildman–Crippen LogP) is 5.14. The van der Waals surface area contributed by atoms with Crippen molar-refractivity contribution in [1.29, 1.82) is 0 Å². The van der Waals surface area contributed by atoms with Crippen LogP contribution >= 0.6 is 11.6 Å². The number of halogens is 5. The molecule has 0 spiro atoms. The molecule has 0 fully saturated rings. The van der Waals surface area contributed by atoms with Crippen LogP contribution in [0, 0.1) is 12.7 Å². The van der Waals surface area contributed by atoms with Crippen molar-refractivity contribution in [2.24, 2.45) is 5.73 Å². The molecule has 3 aromatic rings. The van der Waals surface area contributed by atoms with Crippen molar-refractivity contribution in [3.63, 3.8) is 0 Å². The number of hydrogen-bond donors (Lipinski definition) is 2. The topological polar surface area (TPSA) is 84.1 Å². The van der Waals surface area contributed by atoms with E-state index in [2.05, 4.69) is 15.3 Å². The Morgan fingerprint density at radius 1 is 1.21 bits per heavy atom. The number of nitrogens with two attached hydrogens (primary N) is 1. The number of carbonyl (C=O) groups excluding carboxylic acids is 1. The van der Waals surface area contributed by atoms with Gasteiger partial charge in [-0.2, -0.15) is 13.2 Å². The molecule has 0 saturated carbocycles. The van der Waals surface area contributed by atoms with Gasteiger partial charge in [0.15, 0.2) is 0 Å². The fourth-order valence-corrected chi connectivity index (χ4v) is 3.14. The molecule has 0 aliphatic carbocycles. The average molecular weight is 480 g/mol. The molecule has 0 bridgehead atoms. The van der Waals surface area contributed by atoms with E-state index in [1.807, 2.05) is 0 Å². The molecule has 0 saturated heterocycles. The minimum absolute atomic E-state index is 0.0143. The third-order valence-corrected chi connectivity index (χ3v) is 4.90. The molecule has 3 N–H and O–H groups in total. The molecule has 172 valence electrons. The number of pyridine rings is 2. The SMILES string of the molecule is Cc1cc(C(F)(F)F)cc(-c2cccnc2NC(=CN)C(=O)N(C)c2ccc(F)c(Cl)c2)n1. The molecule has 11 heteroatoms. The quantitative estimate of drug-likeness (QED) is 0.391. The third kappa shape index (κ3) is 5.40. The van der Waals surface area contributed by atoms with Gasteiger partial charge in [-0.25, -0.2) is 9.37 Å². The van der Waals surface area contributed by atoms with Gasteiger partial charge in [0.1, 0.15) is 17.3 Å². The normalized spacial score (nSPS) is 11.9. The van der Waals surface area contributed by atoms with Crippen LogP contribution in [0.25, 0.3) is 11.3 Å². The summed E-state index contributed by atoms with van der Waals surface area (Å²) in [5.41, 5.74) is 5.35. The summed E-state index contributed by atoms with van der Waals surface area (Å²) in [5, 5.41) is 2.59. The molecule has 33 heavy (non-hydrogen) atoms. The summed E-state index contributed by atoms with van der Waals surface area (Å²) in [5.74, 6) is -1.19. The van der Waals surface area contributed by atoms with Crippen molar-refractivity contribution in [3.05, 3.63) is 82.7 Å². The number of rotatable bonds is 5. The zero-order valence-electron chi connectivity index (χ0n) is 17.4. The fraction of sp³-hybridized carbons (Fsp3) is 0.136. The standard InChI is InChI=1S/C22H18ClF4N5O/c1-12-8-13(22(25,26)27)9-18(30-12)15-4-3-7-29-20(15)31-19(11-28)21(33)32(2)14-5-6-17(24)16(23)10-14/h3-11H,28H2,1-2H3,(H,29,31). The Labute approximate surface area is 191 Å². The van der Waals surface area contributed by atoms with E-state index >= 15 is 0 Å². The van der Waals surface area contributed by atoms with Crippen molar-refractivity contribution in [2.75, 3.05) is 17.3 Å². The lowest BCUT2D eigenvalue weighted by molar-refractivity contribution is -0.137. The van der Waals surface area contributed by atoms with Crippen LogP contribution in [0.1, 0.15) is 11.3 Å². The van der Waals surface area contributed by atoms with Crippen molar-refractivity contribution in [1.82, 2.24) is 9.97 Å². The van der Waals surface area contributed by atoms with Gasteiger partial charge in [-0.05, 0) is 49.4 Å². The number of amides is 1. The van der Waals surface area contributed by atoms with E-state index in [1.165, 1.54) is 49.3 Å². The van der Waals surface area contributed by atoms with Gasteiger partial charge >= 0.3 is 6.18 Å². The Hall–Kier alpha value is -3.66. The maximum atomic E-state index is 13.4. The van der Waals surface area contributed by atoms with Gasteiger partial charge in [0.25, 0.3) is 5.91 Å². The molecule has 0 atom stereocenters. The number of hydrogen-bond acceptors (Lipinski definition) is 5. The number of alkyl halides is 3. The highest BCUT2D eigenvalue weighted by Gasteiger charge is 2.31. The summed E-state index contributed by atoms with van der Waals surface area (Å²) in [7, 11) is 1.42. The Morgan fingerprint density at radius 3 is 2.58 bits per heavy atom. The smallest absolute Gasteiger partial charge is 0.403 e. The largest absolute Gasteiger partial charge is 0.416 e. The number of aryl methyl sites for hydroxylation is 1. The molecule has 2 aromatic heterocycles. The van der Waals surface area contributed by atoms with E-state index in [1.54, 1.807) is 0 Å². The van der Waals surface area contributed by atoms with Crippen LogP contribution in [0.2, 0.25) is 5.02 Å². The van der Waals surface area contributed by atoms with Crippen LogP contribution < -0.4 is 16.0 Å². The maximum Gasteiger partial charge on any atom is 0.416 e. The van der Waals surface area contributed by atoms with Gasteiger partial charge in [-0.3, -0.25) is 9.78 Å². The monoisotopic (exact) mass is 479 g/mol. The predicted molar refractivity (Wildman–Crippen MR) is 118 cm³/mol. The second kappa shape index (κ2) is 9.45. The summed E-state index contributed by atoms with van der Waals surface area (Å²) < 4.78 is 53.3. The summed E-state index contributed by atoms with van der Waals surface area (Å²) >= 11 is 5.79. The number of aromatic nitrogens is 2. The lowest BCUT2D eigenvalue weighted by Crippen LogP contribution is -2.31. The van der Waals surface area contributed by atoms with Crippen LogP contribution in [0.3, 0.4) is 0 Å². The molecule has 6 nitrogen and oxygen atoms in total. The molecule has 2 heterocycles. The minimum atomic E-state index is -4.56. The minimum Gasteiger partial charge on any atom is -0.403 e. The van der Waals surface area contributed by atoms with Gasteiger partial charge in [0.05, 0.1) is 16.3 Å². The highest BCUT2D eigenvalue weighted by Crippen LogP contribution is 2.34. The summed E-state index contributed by atoms with van der Waals surface area (Å²) in [6, 6.07) is 8.61. The van der Waals surface area contributed by atoms with Gasteiger partial charge < -0.3 is 16.0 Å². The van der Waals surface area contributed by atoms with E-state index in [-0.39, 0.29) is 33.5 Å². The fourth-order valence-electron chi connectivity index (χ4n) is 2.97. The number of nitrogens with one attached hydrogen (secondary N) is 1. The molecule has 1 aromatic carbocycles. The van der Waals surface area contributed by atoms with E-state index in [0.717, 1.165) is 24.4 Å². The maximum absolute atomic E-state index is 13.4. The Bertz CT molecular complexity index is 1230. The first kappa shape index (κ1) is 24.0. The average Bonchev–Trinajstić information content (AvgIpc) is 2.77. The van der Waals surface area contributed by atoms with Gasteiger partial charge in [0, 0.05) is 36.4 Å². The van der Waals surface area contributed by atoms with E-state index in [9.17, 15) is 22.4 Å². The van der Waals surface area contributed by atoms with Crippen molar-refractivity contribution >= 4 is 29.0 Å². The lowest BCUT2D eigenvalue weighted by atomic mass is 10.1. The van der Waals surface area contributed by atoms with Crippen LogP contribution in [-0.2, 0) is 11.0 Å². The van der Waals surface area contributed by atoms with E-state index in [4.69, 9.17) is 17.3 Å². The number of nitrogens with zero attached hydrogens (tertiary/aromatic N) is 3. The van der Waals surface area contributed by atoms with E-state index < -0.39 is 23.5 Å². The number of carbonyl (C=O) groups is 1. The van der Waals surface area contributed by atoms with Crippen molar-refractivity contribution in [2.45, 2.75) is 13.1 Å². The summed E-state index contributed by atoms with van der Waals surface area (Å²) in [6.07, 6.45) is -2.17. The van der Waals surface area contributed by atoms with Crippen LogP contribution in [-0.4, -0.2) is 22.9 Å². The molecular formula is C22H18ClF4N5O. The Balaban J connectivity index is 1.95. The van der Waals surface area contributed by atoms with Crippen molar-refractivity contribution < 1.29 is 22.4 Å². The molecule has 0 radical (unpaired) electrons. The number of benzene rings is 1. The van der Waals surface area contributed by atoms with Crippen LogP contribution in [0.15, 0.2) is 60.6 Å². The second-order valence-corrected chi connectivity index (χ2v) is 7.35. The molecule has 3 rings (SSSR count). The highest BCUT2D eigenvalue weighted by molar-refractivity contribution is 6.31. The molecule has 1 amide bonds. The van der Waals surface area contributed by atoms with Crippen LogP contribution in [0.5, 0.6) is 0 Å². The molecule has 0 unspecified atom stereocenters. The first-order chi connectivity index (χ1) is 15.5. The summed E-state index contributed by atoms with van der Waals surface area (Å²) in [4.78, 5) is 22.4. The Kier molecular flexibility index (Phi) is 6.87. The number of likely N-dealkylation sites (N-methyl/N-ethyl adjacent to an activating group) is 1. The van der Waals surface area contributed by atoms with Gasteiger partial charge in [-0.1, -0.05) is 11.6 Å².